The molecule has 1 fully saturated rings. The van der Waals surface area contributed by atoms with Gasteiger partial charge < -0.3 is 0 Å². The van der Waals surface area contributed by atoms with E-state index in [0.717, 1.165) is 6.42 Å². The van der Waals surface area contributed by atoms with Crippen LogP contribution in [-0.2, 0) is 9.73 Å². The Morgan fingerprint density at radius 2 is 2.14 bits per heavy atom. The van der Waals surface area contributed by atoms with Crippen LogP contribution in [0.5, 0.6) is 0 Å². The minimum atomic E-state index is -2.11. The fraction of sp³-hybridized carbons (Fsp3) is 0.333. The van der Waals surface area contributed by atoms with E-state index in [0.29, 0.717) is 16.0 Å². The average Bonchev–Trinajstić information content (AvgIpc) is 2.07. The van der Waals surface area contributed by atoms with Gasteiger partial charge in [0.1, 0.15) is 5.69 Å². The molecule has 0 radical (unpaired) electrons. The van der Waals surface area contributed by atoms with Crippen LogP contribution in [0.15, 0.2) is 27.0 Å². The number of benzene rings is 1. The van der Waals surface area contributed by atoms with Crippen molar-refractivity contribution in [1.29, 1.82) is 0 Å². The van der Waals surface area contributed by atoms with E-state index < -0.39 is 15.5 Å². The molecule has 5 heteroatoms. The first-order valence-electron chi connectivity index (χ1n) is 4.27. The van der Waals surface area contributed by atoms with Gasteiger partial charge in [-0.05, 0) is 24.6 Å². The van der Waals surface area contributed by atoms with Gasteiger partial charge in [-0.1, -0.05) is 15.9 Å². The lowest BCUT2D eigenvalue weighted by molar-refractivity contribution is 0.627. The van der Waals surface area contributed by atoms with Crippen molar-refractivity contribution in [1.82, 2.24) is 0 Å². The first-order chi connectivity index (χ1) is 6.59. The molecule has 0 unspecified atom stereocenters. The molecule has 0 bridgehead atoms. The van der Waals surface area contributed by atoms with E-state index in [1.807, 2.05) is 0 Å². The van der Waals surface area contributed by atoms with Crippen molar-refractivity contribution in [2.24, 2.45) is 4.36 Å². The molecule has 0 saturated carbocycles. The Morgan fingerprint density at radius 3 is 2.64 bits per heavy atom. The van der Waals surface area contributed by atoms with E-state index in [1.165, 1.54) is 6.07 Å². The minimum Gasteiger partial charge on any atom is -0.249 e. The summed E-state index contributed by atoms with van der Waals surface area (Å²) in [6, 6.07) is 4.58. The van der Waals surface area contributed by atoms with Gasteiger partial charge in [0.15, 0.2) is 5.82 Å². The first-order valence-corrected chi connectivity index (χ1v) is 6.91. The Kier molecular flexibility index (Phi) is 2.62. The number of rotatable bonds is 1. The summed E-state index contributed by atoms with van der Waals surface area (Å²) >= 11 is 3.15. The lowest BCUT2D eigenvalue weighted by Crippen LogP contribution is -2.23. The average molecular weight is 278 g/mol. The normalized spacial score (nSPS) is 18.7. The van der Waals surface area contributed by atoms with E-state index >= 15 is 0 Å². The number of nitrogens with zero attached hydrogens (tertiary/aromatic N) is 1. The molecule has 0 amide bonds. The fourth-order valence-electron chi connectivity index (χ4n) is 1.22. The molecule has 14 heavy (non-hydrogen) atoms. The van der Waals surface area contributed by atoms with Crippen molar-refractivity contribution in [3.05, 3.63) is 28.5 Å². The molecule has 1 heterocycles. The molecule has 1 aromatic carbocycles. The summed E-state index contributed by atoms with van der Waals surface area (Å²) in [5.41, 5.74) is 0.206. The van der Waals surface area contributed by atoms with Gasteiger partial charge in [-0.15, -0.1) is 0 Å². The maximum atomic E-state index is 13.3. The Hall–Kier alpha value is -0.420. The van der Waals surface area contributed by atoms with Gasteiger partial charge >= 0.3 is 0 Å². The molecule has 2 nitrogen and oxygen atoms in total. The first kappa shape index (κ1) is 10.1. The lowest BCUT2D eigenvalue weighted by Gasteiger charge is -2.17. The second-order valence-electron chi connectivity index (χ2n) is 3.22. The van der Waals surface area contributed by atoms with Crippen molar-refractivity contribution in [2.45, 2.75) is 6.42 Å². The summed E-state index contributed by atoms with van der Waals surface area (Å²) in [4.78, 5) is 0. The highest BCUT2D eigenvalue weighted by molar-refractivity contribution is 9.10. The minimum absolute atomic E-state index is 0.206. The predicted octanol–water partition coefficient (Wildman–Crippen LogP) is 3.09. The molecule has 1 aliphatic heterocycles. The van der Waals surface area contributed by atoms with Crippen molar-refractivity contribution in [3.63, 3.8) is 0 Å². The lowest BCUT2D eigenvalue weighted by atomic mass is 10.3. The quantitative estimate of drug-likeness (QED) is 0.776. The van der Waals surface area contributed by atoms with Gasteiger partial charge in [0.25, 0.3) is 0 Å². The maximum absolute atomic E-state index is 13.3. The molecule has 2 rings (SSSR count). The zero-order chi connectivity index (χ0) is 10.2. The molecule has 0 aliphatic carbocycles. The molecule has 0 spiro atoms. The van der Waals surface area contributed by atoms with E-state index in [-0.39, 0.29) is 5.69 Å². The van der Waals surface area contributed by atoms with Crippen LogP contribution in [0.2, 0.25) is 0 Å². The molecule has 0 aromatic heterocycles. The molecule has 1 aliphatic rings. The summed E-state index contributed by atoms with van der Waals surface area (Å²) in [6.07, 6.45) is 0.931. The van der Waals surface area contributed by atoms with Gasteiger partial charge in [-0.2, -0.15) is 4.36 Å². The van der Waals surface area contributed by atoms with E-state index in [2.05, 4.69) is 20.3 Å². The third kappa shape index (κ3) is 1.98. The van der Waals surface area contributed by atoms with Gasteiger partial charge in [0.05, 0.1) is 9.73 Å². The monoisotopic (exact) mass is 277 g/mol. The Morgan fingerprint density at radius 1 is 1.43 bits per heavy atom. The van der Waals surface area contributed by atoms with Crippen molar-refractivity contribution in [2.75, 3.05) is 11.5 Å². The van der Waals surface area contributed by atoms with Crippen LogP contribution in [0.4, 0.5) is 10.1 Å². The molecular formula is C9H9BrFNOS. The second-order valence-corrected chi connectivity index (χ2v) is 6.68. The summed E-state index contributed by atoms with van der Waals surface area (Å²) in [7, 11) is -2.11. The van der Waals surface area contributed by atoms with Gasteiger partial charge in [-0.25, -0.2) is 8.60 Å². The zero-order valence-corrected chi connectivity index (χ0v) is 9.78. The van der Waals surface area contributed by atoms with Crippen LogP contribution in [-0.4, -0.2) is 15.7 Å². The fourth-order valence-corrected chi connectivity index (χ4v) is 3.02. The maximum Gasteiger partial charge on any atom is 0.150 e. The summed E-state index contributed by atoms with van der Waals surface area (Å²) in [6.45, 7) is 0. The third-order valence-corrected chi connectivity index (χ3v) is 4.98. The topological polar surface area (TPSA) is 29.4 Å². The Balaban J connectivity index is 2.43. The van der Waals surface area contributed by atoms with E-state index in [1.54, 1.807) is 12.1 Å². The standard InChI is InChI=1S/C9H9BrFNOS/c10-7-2-3-9(8(11)6-7)12-14(13)4-1-5-14/h2-3,6H,1,4-5H2. The Bertz CT molecular complexity index is 470. The summed E-state index contributed by atoms with van der Waals surface area (Å²) in [5, 5.41) is 0. The SMILES string of the molecule is O=S1(=Nc2ccc(Br)cc2F)CCC1. The van der Waals surface area contributed by atoms with Crippen molar-refractivity contribution >= 4 is 31.3 Å². The van der Waals surface area contributed by atoms with Crippen molar-refractivity contribution < 1.29 is 8.60 Å². The van der Waals surface area contributed by atoms with E-state index in [4.69, 9.17) is 0 Å². The van der Waals surface area contributed by atoms with Crippen LogP contribution in [0.25, 0.3) is 0 Å². The van der Waals surface area contributed by atoms with Crippen LogP contribution in [0, 0.1) is 5.82 Å². The highest BCUT2D eigenvalue weighted by Gasteiger charge is 2.19. The highest BCUT2D eigenvalue weighted by Crippen LogP contribution is 2.26. The molecular weight excluding hydrogens is 269 g/mol. The number of hydrogen-bond acceptors (Lipinski definition) is 2. The molecule has 1 aromatic rings. The van der Waals surface area contributed by atoms with Crippen LogP contribution < -0.4 is 0 Å². The molecule has 76 valence electrons. The molecule has 1 saturated heterocycles. The van der Waals surface area contributed by atoms with Crippen LogP contribution in [0.3, 0.4) is 0 Å². The van der Waals surface area contributed by atoms with Crippen LogP contribution >= 0.6 is 15.9 Å². The Labute approximate surface area is 90.8 Å². The summed E-state index contributed by atoms with van der Waals surface area (Å²) in [5.74, 6) is 0.777. The summed E-state index contributed by atoms with van der Waals surface area (Å²) < 4.78 is 29.6. The predicted molar refractivity (Wildman–Crippen MR) is 58.7 cm³/mol. The van der Waals surface area contributed by atoms with Gasteiger partial charge in [0, 0.05) is 16.0 Å². The smallest absolute Gasteiger partial charge is 0.150 e. The third-order valence-electron chi connectivity index (χ3n) is 2.10. The number of hydrogen-bond donors (Lipinski definition) is 0. The molecule has 0 atom stereocenters. The largest absolute Gasteiger partial charge is 0.249 e. The highest BCUT2D eigenvalue weighted by atomic mass is 79.9. The molecule has 0 N–H and O–H groups in total. The van der Waals surface area contributed by atoms with Crippen LogP contribution in [0.1, 0.15) is 6.42 Å². The van der Waals surface area contributed by atoms with Gasteiger partial charge in [-0.3, -0.25) is 0 Å². The second kappa shape index (κ2) is 3.62. The van der Waals surface area contributed by atoms with Crippen molar-refractivity contribution in [3.8, 4) is 0 Å². The zero-order valence-electron chi connectivity index (χ0n) is 7.37. The van der Waals surface area contributed by atoms with E-state index in [9.17, 15) is 8.60 Å². The number of halogens is 2. The van der Waals surface area contributed by atoms with Gasteiger partial charge in [0.2, 0.25) is 0 Å².